The van der Waals surface area contributed by atoms with Crippen LogP contribution in [0.15, 0.2) is 41.8 Å². The van der Waals surface area contributed by atoms with Crippen molar-refractivity contribution < 1.29 is 38.7 Å². The summed E-state index contributed by atoms with van der Waals surface area (Å²) in [4.78, 5) is 111. The van der Waals surface area contributed by atoms with Gasteiger partial charge in [-0.3, -0.25) is 38.6 Å². The molecule has 1 aromatic heterocycles. The van der Waals surface area contributed by atoms with Crippen LogP contribution in [0, 0.1) is 0 Å². The quantitative estimate of drug-likeness (QED) is 0.0108. The van der Waals surface area contributed by atoms with Crippen molar-refractivity contribution in [2.45, 2.75) is 121 Å². The summed E-state index contributed by atoms with van der Waals surface area (Å²) in [7, 11) is 0. The maximum Gasteiger partial charge on any atom is 0.243 e. The standard InChI is InChI=1S/C46H80N16O8S/c1-31(63)41(50)45(70)57-23-25-61(40(66)17-27-71)36(9-7-20-58-46(52)53)43(68)55-22-26-62(38(64)10-3-2-5-18-47)37(28-34-29-54-30-59-34)44(69)56-21-24-60(35(42(51)67)8-4-6-19-48)39(65)16-13-32-11-14-33(49)15-12-32/h11-12,14-15,29-31,35-37,41,63,71H,2-10,13,16-28,47-50H2,1H3,(H2,51,67)(H,54,59)(H,55,68)(H,56,69)(H,57,70)(H4,52,53,58). The molecular weight excluding hydrogens is 937 g/mol. The van der Waals surface area contributed by atoms with Crippen LogP contribution in [0.2, 0.25) is 0 Å². The number of thiol groups is 1. The molecule has 1 aromatic carbocycles. The monoisotopic (exact) mass is 1020 g/mol. The van der Waals surface area contributed by atoms with Crippen LogP contribution in [0.4, 0.5) is 5.69 Å². The minimum absolute atomic E-state index is 0.00852. The second-order valence-corrected chi connectivity index (χ2v) is 17.6. The van der Waals surface area contributed by atoms with E-state index in [9.17, 15) is 38.7 Å². The number of nitrogen functional groups attached to an aromatic ring is 1. The Bertz CT molecular complexity index is 1960. The molecule has 0 radical (unpaired) electrons. The molecule has 0 aliphatic carbocycles. The molecule has 5 atom stereocenters. The van der Waals surface area contributed by atoms with E-state index in [1.165, 1.54) is 34.1 Å². The summed E-state index contributed by atoms with van der Waals surface area (Å²) in [5.74, 6) is -3.66. The predicted octanol–water partition coefficient (Wildman–Crippen LogP) is -2.68. The van der Waals surface area contributed by atoms with Crippen molar-refractivity contribution in [1.82, 2.24) is 40.6 Å². The molecule has 0 saturated carbocycles. The zero-order chi connectivity index (χ0) is 52.7. The molecule has 1 heterocycles. The van der Waals surface area contributed by atoms with Gasteiger partial charge in [-0.25, -0.2) is 4.98 Å². The fraction of sp³-hybridized carbons (Fsp3) is 0.630. The summed E-state index contributed by atoms with van der Waals surface area (Å²) in [5.41, 5.74) is 42.0. The van der Waals surface area contributed by atoms with E-state index in [4.69, 9.17) is 40.1 Å². The lowest BCUT2D eigenvalue weighted by Crippen LogP contribution is -2.56. The topological polar surface area (TPSA) is 409 Å². The Morgan fingerprint density at radius 1 is 0.718 bits per heavy atom. The number of nitrogens with two attached hydrogens (primary N) is 7. The number of aliphatic hydroxyl groups is 1. The van der Waals surface area contributed by atoms with Gasteiger partial charge in [0.15, 0.2) is 5.96 Å². The van der Waals surface area contributed by atoms with Crippen molar-refractivity contribution in [3.63, 3.8) is 0 Å². The number of unbranched alkanes of at least 4 members (excludes halogenated alkanes) is 3. The van der Waals surface area contributed by atoms with Crippen LogP contribution in [0.5, 0.6) is 0 Å². The summed E-state index contributed by atoms with van der Waals surface area (Å²) in [6.45, 7) is 1.64. The van der Waals surface area contributed by atoms with Crippen LogP contribution in [0.1, 0.15) is 88.8 Å². The molecule has 2 rings (SSSR count). The Balaban J connectivity index is 2.46. The van der Waals surface area contributed by atoms with E-state index in [0.29, 0.717) is 63.0 Å². The highest BCUT2D eigenvalue weighted by molar-refractivity contribution is 7.80. The van der Waals surface area contributed by atoms with Crippen LogP contribution in [0.3, 0.4) is 0 Å². The third kappa shape index (κ3) is 23.2. The molecule has 2 aromatic rings. The van der Waals surface area contributed by atoms with Crippen molar-refractivity contribution in [3.8, 4) is 0 Å². The number of carbonyl (C=O) groups is 7. The fourth-order valence-corrected chi connectivity index (χ4v) is 7.89. The van der Waals surface area contributed by atoms with E-state index in [2.05, 4.69) is 43.5 Å². The van der Waals surface area contributed by atoms with E-state index in [-0.39, 0.29) is 114 Å². The van der Waals surface area contributed by atoms with Crippen molar-refractivity contribution in [2.24, 2.45) is 39.4 Å². The van der Waals surface area contributed by atoms with Gasteiger partial charge in [-0.1, -0.05) is 18.6 Å². The second kappa shape index (κ2) is 34.3. The first-order valence-electron chi connectivity index (χ1n) is 24.3. The molecule has 71 heavy (non-hydrogen) atoms. The Morgan fingerprint density at radius 3 is 1.80 bits per heavy atom. The molecule has 0 saturated heterocycles. The number of benzene rings is 1. The van der Waals surface area contributed by atoms with Crippen molar-refractivity contribution in [2.75, 3.05) is 70.4 Å². The molecule has 0 aliphatic rings. The van der Waals surface area contributed by atoms with Gasteiger partial charge in [0.2, 0.25) is 41.4 Å². The first-order chi connectivity index (χ1) is 33.9. The molecule has 0 bridgehead atoms. The molecule has 0 spiro atoms. The van der Waals surface area contributed by atoms with Crippen LogP contribution in [-0.2, 0) is 46.4 Å². The molecule has 24 nitrogen and oxygen atoms in total. The highest BCUT2D eigenvalue weighted by Crippen LogP contribution is 2.16. The Morgan fingerprint density at radius 2 is 1.25 bits per heavy atom. The summed E-state index contributed by atoms with van der Waals surface area (Å²) in [5, 5.41) is 18.1. The Kier molecular flexibility index (Phi) is 29.5. The van der Waals surface area contributed by atoms with E-state index in [0.717, 1.165) is 5.56 Å². The van der Waals surface area contributed by atoms with Crippen LogP contribution < -0.4 is 56.1 Å². The van der Waals surface area contributed by atoms with Crippen LogP contribution in [-0.4, -0.2) is 172 Å². The zero-order valence-electron chi connectivity index (χ0n) is 41.1. The number of hydrogen-bond acceptors (Lipinski definition) is 15. The zero-order valence-corrected chi connectivity index (χ0v) is 42.0. The lowest BCUT2D eigenvalue weighted by atomic mass is 10.0. The lowest BCUT2D eigenvalue weighted by molar-refractivity contribution is -0.142. The molecule has 398 valence electrons. The summed E-state index contributed by atoms with van der Waals surface area (Å²) in [6, 6.07) is 2.66. The number of carbonyl (C=O) groups excluding carboxylic acids is 7. The summed E-state index contributed by atoms with van der Waals surface area (Å²) >= 11 is 4.22. The van der Waals surface area contributed by atoms with Gasteiger partial charge in [-0.05, 0) is 94.8 Å². The van der Waals surface area contributed by atoms with E-state index in [1.54, 1.807) is 12.1 Å². The van der Waals surface area contributed by atoms with Crippen molar-refractivity contribution in [3.05, 3.63) is 48.0 Å². The third-order valence-corrected chi connectivity index (χ3v) is 11.9. The van der Waals surface area contributed by atoms with Gasteiger partial charge in [0, 0.05) is 89.1 Å². The average molecular weight is 1020 g/mol. The predicted molar refractivity (Wildman–Crippen MR) is 275 cm³/mol. The SMILES string of the molecule is CC(O)C(N)C(=O)NCCN(C(=O)CCS)C(CCCN=C(N)N)C(=O)NCCN(C(=O)CCCCCN)C(Cc1cnc[nH]1)C(=O)NCCN(C(=O)CCc1ccc(N)cc1)C(CCCCN)C(N)=O. The van der Waals surface area contributed by atoms with E-state index < -0.39 is 59.8 Å². The smallest absolute Gasteiger partial charge is 0.243 e. The number of amides is 7. The Labute approximate surface area is 422 Å². The first kappa shape index (κ1) is 61.1. The maximum atomic E-state index is 14.5. The number of imidazole rings is 1. The molecule has 0 fully saturated rings. The van der Waals surface area contributed by atoms with Gasteiger partial charge in [0.1, 0.15) is 24.2 Å². The van der Waals surface area contributed by atoms with Crippen LogP contribution in [0.25, 0.3) is 0 Å². The number of aliphatic imine (C=N–C) groups is 1. The largest absolute Gasteiger partial charge is 0.399 e. The molecule has 19 N–H and O–H groups in total. The molecule has 0 aliphatic heterocycles. The van der Waals surface area contributed by atoms with E-state index >= 15 is 0 Å². The number of hydrogen-bond donors (Lipinski definition) is 13. The minimum atomic E-state index is -1.22. The number of primary amides is 1. The molecule has 5 unspecified atom stereocenters. The highest BCUT2D eigenvalue weighted by Gasteiger charge is 2.34. The number of guanidine groups is 1. The number of rotatable bonds is 37. The average Bonchev–Trinajstić information content (AvgIpc) is 3.86. The number of anilines is 1. The second-order valence-electron chi connectivity index (χ2n) is 17.2. The number of nitrogens with zero attached hydrogens (tertiary/aromatic N) is 5. The maximum absolute atomic E-state index is 14.5. The third-order valence-electron chi connectivity index (χ3n) is 11.7. The minimum Gasteiger partial charge on any atom is -0.399 e. The van der Waals surface area contributed by atoms with Crippen molar-refractivity contribution >= 4 is 65.6 Å². The normalized spacial score (nSPS) is 13.2. The summed E-state index contributed by atoms with van der Waals surface area (Å²) < 4.78 is 0. The van der Waals surface area contributed by atoms with Crippen molar-refractivity contribution in [1.29, 1.82) is 0 Å². The van der Waals surface area contributed by atoms with Gasteiger partial charge in [-0.15, -0.1) is 0 Å². The van der Waals surface area contributed by atoms with Gasteiger partial charge in [0.25, 0.3) is 0 Å². The number of nitrogens with one attached hydrogen (secondary N) is 4. The van der Waals surface area contributed by atoms with Crippen LogP contribution >= 0.6 is 12.6 Å². The molecule has 25 heteroatoms. The summed E-state index contributed by atoms with van der Waals surface area (Å²) in [6.07, 6.45) is 5.84. The van der Waals surface area contributed by atoms with Gasteiger partial charge >= 0.3 is 0 Å². The Hall–Kier alpha value is -6.02. The lowest BCUT2D eigenvalue weighted by Gasteiger charge is -2.34. The number of aromatic nitrogens is 2. The van der Waals surface area contributed by atoms with Gasteiger partial charge in [-0.2, -0.15) is 12.6 Å². The highest BCUT2D eigenvalue weighted by atomic mass is 32.1. The van der Waals surface area contributed by atoms with Gasteiger partial charge < -0.3 is 80.9 Å². The number of aryl methyl sites for hydroxylation is 1. The number of aromatic amines is 1. The van der Waals surface area contributed by atoms with E-state index in [1.807, 2.05) is 12.1 Å². The first-order valence-corrected chi connectivity index (χ1v) is 24.9. The fourth-order valence-electron chi connectivity index (χ4n) is 7.70. The number of aliphatic hydroxyl groups excluding tert-OH is 1. The van der Waals surface area contributed by atoms with Gasteiger partial charge in [0.05, 0.1) is 12.4 Å². The number of H-pyrrole nitrogens is 1. The molecule has 7 amide bonds. The molecular formula is C46H80N16O8S.